The van der Waals surface area contributed by atoms with Crippen LogP contribution in [0.2, 0.25) is 0 Å². The van der Waals surface area contributed by atoms with Crippen LogP contribution in [0.1, 0.15) is 19.8 Å². The van der Waals surface area contributed by atoms with Gasteiger partial charge in [-0.3, -0.25) is 4.99 Å². The van der Waals surface area contributed by atoms with Gasteiger partial charge in [0.05, 0.1) is 25.9 Å². The highest BCUT2D eigenvalue weighted by molar-refractivity contribution is 5.79. The summed E-state index contributed by atoms with van der Waals surface area (Å²) in [4.78, 5) is 4.52. The molecular weight excluding hydrogens is 280 g/mol. The molecule has 6 heteroatoms. The molecule has 1 aromatic heterocycles. The second kappa shape index (κ2) is 10.2. The smallest absolute Gasteiger partial charge is 0.191 e. The Labute approximate surface area is 132 Å². The van der Waals surface area contributed by atoms with Crippen LogP contribution in [0, 0.1) is 0 Å². The van der Waals surface area contributed by atoms with Crippen molar-refractivity contribution < 1.29 is 9.47 Å². The van der Waals surface area contributed by atoms with Crippen molar-refractivity contribution in [1.29, 1.82) is 0 Å². The van der Waals surface area contributed by atoms with Gasteiger partial charge in [0.25, 0.3) is 0 Å². The Morgan fingerprint density at radius 2 is 2.23 bits per heavy atom. The lowest BCUT2D eigenvalue weighted by Crippen LogP contribution is -2.39. The predicted molar refractivity (Wildman–Crippen MR) is 88.2 cm³/mol. The molecule has 1 fully saturated rings. The van der Waals surface area contributed by atoms with Gasteiger partial charge >= 0.3 is 0 Å². The number of rotatable bonds is 9. The third kappa shape index (κ3) is 6.49. The van der Waals surface area contributed by atoms with Crippen LogP contribution in [0.15, 0.2) is 29.5 Å². The average Bonchev–Trinajstić information content (AvgIpc) is 3.20. The molecule has 0 saturated carbocycles. The maximum absolute atomic E-state index is 5.62. The Balaban J connectivity index is 1.58. The molecule has 0 aromatic carbocycles. The summed E-state index contributed by atoms with van der Waals surface area (Å²) in [5, 5.41) is 6.57. The number of aromatic nitrogens is 1. The SMILES string of the molecule is CCNC(=NCCOCC1CCCO1)NCCn1cccc1. The zero-order valence-electron chi connectivity index (χ0n) is 13.5. The van der Waals surface area contributed by atoms with E-state index in [0.717, 1.165) is 45.0 Å². The molecule has 1 atom stereocenters. The van der Waals surface area contributed by atoms with Gasteiger partial charge in [-0.25, -0.2) is 0 Å². The second-order valence-electron chi connectivity index (χ2n) is 5.32. The number of aliphatic imine (C=N–C) groups is 1. The van der Waals surface area contributed by atoms with E-state index >= 15 is 0 Å². The van der Waals surface area contributed by atoms with Gasteiger partial charge in [-0.2, -0.15) is 0 Å². The normalized spacial score (nSPS) is 18.6. The highest BCUT2D eigenvalue weighted by atomic mass is 16.5. The lowest BCUT2D eigenvalue weighted by Gasteiger charge is -2.12. The first-order valence-corrected chi connectivity index (χ1v) is 8.20. The third-order valence-corrected chi connectivity index (χ3v) is 3.51. The molecule has 0 aliphatic carbocycles. The van der Waals surface area contributed by atoms with Crippen LogP contribution in [0.25, 0.3) is 0 Å². The van der Waals surface area contributed by atoms with E-state index < -0.39 is 0 Å². The molecule has 1 aromatic rings. The maximum Gasteiger partial charge on any atom is 0.191 e. The number of ether oxygens (including phenoxy) is 2. The molecule has 1 unspecified atom stereocenters. The molecule has 2 heterocycles. The van der Waals surface area contributed by atoms with Crippen molar-refractivity contribution in [2.24, 2.45) is 4.99 Å². The minimum Gasteiger partial charge on any atom is -0.377 e. The van der Waals surface area contributed by atoms with Crippen LogP contribution in [-0.4, -0.2) is 56.1 Å². The van der Waals surface area contributed by atoms with Gasteiger partial charge in [-0.15, -0.1) is 0 Å². The van der Waals surface area contributed by atoms with Crippen molar-refractivity contribution in [1.82, 2.24) is 15.2 Å². The summed E-state index contributed by atoms with van der Waals surface area (Å²) in [6.07, 6.45) is 6.68. The molecule has 1 aliphatic rings. The summed E-state index contributed by atoms with van der Waals surface area (Å²) >= 11 is 0. The van der Waals surface area contributed by atoms with Crippen LogP contribution < -0.4 is 10.6 Å². The van der Waals surface area contributed by atoms with E-state index in [1.54, 1.807) is 0 Å². The van der Waals surface area contributed by atoms with Crippen molar-refractivity contribution in [3.63, 3.8) is 0 Å². The van der Waals surface area contributed by atoms with E-state index in [1.807, 2.05) is 12.1 Å². The minimum atomic E-state index is 0.289. The lowest BCUT2D eigenvalue weighted by molar-refractivity contribution is 0.0200. The number of nitrogens with zero attached hydrogens (tertiary/aromatic N) is 2. The summed E-state index contributed by atoms with van der Waals surface area (Å²) < 4.78 is 13.3. The fourth-order valence-electron chi connectivity index (χ4n) is 2.38. The molecule has 0 radical (unpaired) electrons. The molecule has 124 valence electrons. The number of hydrogen-bond acceptors (Lipinski definition) is 3. The zero-order valence-corrected chi connectivity index (χ0v) is 13.5. The second-order valence-corrected chi connectivity index (χ2v) is 5.32. The molecule has 1 saturated heterocycles. The van der Waals surface area contributed by atoms with Crippen LogP contribution in [0.3, 0.4) is 0 Å². The van der Waals surface area contributed by atoms with Crippen LogP contribution in [-0.2, 0) is 16.0 Å². The molecule has 0 bridgehead atoms. The van der Waals surface area contributed by atoms with Crippen molar-refractivity contribution in [2.45, 2.75) is 32.4 Å². The van der Waals surface area contributed by atoms with Crippen LogP contribution >= 0.6 is 0 Å². The van der Waals surface area contributed by atoms with Gasteiger partial charge in [0.15, 0.2) is 5.96 Å². The molecule has 0 spiro atoms. The van der Waals surface area contributed by atoms with Crippen molar-refractivity contribution in [2.75, 3.05) is 39.5 Å². The van der Waals surface area contributed by atoms with Gasteiger partial charge in [-0.1, -0.05) is 0 Å². The summed E-state index contributed by atoms with van der Waals surface area (Å²) in [6, 6.07) is 4.06. The van der Waals surface area contributed by atoms with E-state index in [1.165, 1.54) is 0 Å². The van der Waals surface area contributed by atoms with Crippen molar-refractivity contribution in [3.05, 3.63) is 24.5 Å². The zero-order chi connectivity index (χ0) is 15.5. The monoisotopic (exact) mass is 308 g/mol. The Morgan fingerprint density at radius 1 is 1.36 bits per heavy atom. The van der Waals surface area contributed by atoms with Crippen LogP contribution in [0.5, 0.6) is 0 Å². The van der Waals surface area contributed by atoms with Gasteiger partial charge < -0.3 is 24.7 Å². The highest BCUT2D eigenvalue weighted by Crippen LogP contribution is 2.11. The molecule has 22 heavy (non-hydrogen) atoms. The Kier molecular flexibility index (Phi) is 7.83. The summed E-state index contributed by atoms with van der Waals surface area (Å²) in [5.74, 6) is 0.843. The third-order valence-electron chi connectivity index (χ3n) is 3.51. The number of hydrogen-bond donors (Lipinski definition) is 2. The predicted octanol–water partition coefficient (Wildman–Crippen LogP) is 1.24. The fourth-order valence-corrected chi connectivity index (χ4v) is 2.38. The average molecular weight is 308 g/mol. The first-order chi connectivity index (χ1) is 10.9. The summed E-state index contributed by atoms with van der Waals surface area (Å²) in [5.41, 5.74) is 0. The number of nitrogens with one attached hydrogen (secondary N) is 2. The minimum absolute atomic E-state index is 0.289. The van der Waals surface area contributed by atoms with E-state index in [4.69, 9.17) is 9.47 Å². The van der Waals surface area contributed by atoms with Crippen molar-refractivity contribution in [3.8, 4) is 0 Å². The maximum atomic E-state index is 5.62. The lowest BCUT2D eigenvalue weighted by atomic mass is 10.2. The standard InChI is InChI=1S/C16H28N4O2/c1-2-17-16(18-7-11-20-9-3-4-10-20)19-8-13-21-14-15-6-5-12-22-15/h3-4,9-10,15H,2,5-8,11-14H2,1H3,(H2,17,18,19). The summed E-state index contributed by atoms with van der Waals surface area (Å²) in [7, 11) is 0. The molecule has 2 N–H and O–H groups in total. The molecule has 2 rings (SSSR count). The Bertz CT molecular complexity index is 414. The van der Waals surface area contributed by atoms with E-state index in [2.05, 4.69) is 39.5 Å². The van der Waals surface area contributed by atoms with Crippen molar-refractivity contribution >= 4 is 5.96 Å². The largest absolute Gasteiger partial charge is 0.377 e. The van der Waals surface area contributed by atoms with Gasteiger partial charge in [0.2, 0.25) is 0 Å². The van der Waals surface area contributed by atoms with Gasteiger partial charge in [-0.05, 0) is 31.9 Å². The molecule has 1 aliphatic heterocycles. The number of guanidine groups is 1. The van der Waals surface area contributed by atoms with E-state index in [-0.39, 0.29) is 6.10 Å². The van der Waals surface area contributed by atoms with E-state index in [9.17, 15) is 0 Å². The summed E-state index contributed by atoms with van der Waals surface area (Å²) in [6.45, 7) is 7.54. The quantitative estimate of drug-likeness (QED) is 0.409. The molecule has 6 nitrogen and oxygen atoms in total. The first-order valence-electron chi connectivity index (χ1n) is 8.20. The fraction of sp³-hybridized carbons (Fsp3) is 0.688. The molecule has 0 amide bonds. The van der Waals surface area contributed by atoms with E-state index in [0.29, 0.717) is 19.8 Å². The van der Waals surface area contributed by atoms with Gasteiger partial charge in [0.1, 0.15) is 0 Å². The molecular formula is C16H28N4O2. The van der Waals surface area contributed by atoms with Gasteiger partial charge in [0, 0.05) is 38.6 Å². The Hall–Kier alpha value is -1.53. The Morgan fingerprint density at radius 3 is 2.95 bits per heavy atom. The van der Waals surface area contributed by atoms with Crippen LogP contribution in [0.4, 0.5) is 0 Å². The topological polar surface area (TPSA) is 59.8 Å². The first kappa shape index (κ1) is 16.8. The highest BCUT2D eigenvalue weighted by Gasteiger charge is 2.14.